The Balaban J connectivity index is 2.34. The van der Waals surface area contributed by atoms with E-state index in [0.717, 1.165) is 22.5 Å². The predicted octanol–water partition coefficient (Wildman–Crippen LogP) is 3.85. The van der Waals surface area contributed by atoms with Crippen molar-refractivity contribution in [3.63, 3.8) is 0 Å². The van der Waals surface area contributed by atoms with Gasteiger partial charge in [0, 0.05) is 16.5 Å². The van der Waals surface area contributed by atoms with Crippen molar-refractivity contribution in [3.05, 3.63) is 47.5 Å². The van der Waals surface area contributed by atoms with Crippen LogP contribution >= 0.6 is 11.3 Å². The van der Waals surface area contributed by atoms with Crippen LogP contribution in [0.3, 0.4) is 0 Å². The molecule has 0 unspecified atom stereocenters. The average Bonchev–Trinajstić information content (AvgIpc) is 2.81. The first-order valence-electron chi connectivity index (χ1n) is 5.45. The number of anilines is 1. The van der Waals surface area contributed by atoms with Gasteiger partial charge in [0.25, 0.3) is 0 Å². The Morgan fingerprint density at radius 3 is 2.94 bits per heavy atom. The van der Waals surface area contributed by atoms with Gasteiger partial charge in [-0.3, -0.25) is 4.98 Å². The second kappa shape index (κ2) is 3.86. The quantitative estimate of drug-likeness (QED) is 0.701. The van der Waals surface area contributed by atoms with Crippen LogP contribution in [-0.4, -0.2) is 4.98 Å². The molecule has 0 amide bonds. The molecule has 2 N–H and O–H groups in total. The third-order valence-electron chi connectivity index (χ3n) is 2.94. The van der Waals surface area contributed by atoms with Gasteiger partial charge in [-0.05, 0) is 35.4 Å². The predicted molar refractivity (Wildman–Crippen MR) is 74.2 cm³/mol. The lowest BCUT2D eigenvalue weighted by molar-refractivity contribution is 1.30. The highest BCUT2D eigenvalue weighted by Crippen LogP contribution is 2.34. The molecule has 17 heavy (non-hydrogen) atoms. The lowest BCUT2D eigenvalue weighted by atomic mass is 10.1. The molecule has 3 rings (SSSR count). The van der Waals surface area contributed by atoms with Gasteiger partial charge in [-0.2, -0.15) is 0 Å². The Bertz CT molecular complexity index is 686. The normalized spacial score (nSPS) is 10.9. The van der Waals surface area contributed by atoms with Crippen LogP contribution in [0.25, 0.3) is 21.3 Å². The summed E-state index contributed by atoms with van der Waals surface area (Å²) in [5, 5.41) is 3.34. The fourth-order valence-corrected chi connectivity index (χ4v) is 2.88. The van der Waals surface area contributed by atoms with E-state index < -0.39 is 0 Å². The molecular formula is C14H12N2S. The molecule has 0 atom stereocenters. The first-order chi connectivity index (χ1) is 8.27. The van der Waals surface area contributed by atoms with E-state index in [1.165, 1.54) is 10.1 Å². The number of pyridine rings is 1. The number of nitrogens with two attached hydrogens (primary N) is 1. The topological polar surface area (TPSA) is 38.9 Å². The standard InChI is InChI=1S/C14H12N2S/c1-9-5-7-16-13(12(9)15)11-4-2-3-10-6-8-17-14(10)11/h2-8H,15H2,1H3. The highest BCUT2D eigenvalue weighted by molar-refractivity contribution is 7.17. The number of rotatable bonds is 1. The molecule has 3 aromatic rings. The van der Waals surface area contributed by atoms with Gasteiger partial charge >= 0.3 is 0 Å². The maximum absolute atomic E-state index is 6.12. The molecule has 0 aliphatic rings. The molecular weight excluding hydrogens is 228 g/mol. The fraction of sp³-hybridized carbons (Fsp3) is 0.0714. The lowest BCUT2D eigenvalue weighted by Crippen LogP contribution is -1.96. The average molecular weight is 240 g/mol. The Kier molecular flexibility index (Phi) is 2.34. The zero-order valence-electron chi connectivity index (χ0n) is 9.47. The van der Waals surface area contributed by atoms with Crippen molar-refractivity contribution in [1.82, 2.24) is 4.98 Å². The van der Waals surface area contributed by atoms with Crippen molar-refractivity contribution in [2.75, 3.05) is 5.73 Å². The van der Waals surface area contributed by atoms with Crippen LogP contribution in [0.15, 0.2) is 41.9 Å². The van der Waals surface area contributed by atoms with Crippen LogP contribution in [0.2, 0.25) is 0 Å². The Labute approximate surface area is 104 Å². The molecule has 0 radical (unpaired) electrons. The highest BCUT2D eigenvalue weighted by atomic mass is 32.1. The molecule has 0 spiro atoms. The molecule has 3 heteroatoms. The van der Waals surface area contributed by atoms with E-state index in [1.807, 2.05) is 25.3 Å². The van der Waals surface area contributed by atoms with Gasteiger partial charge in [-0.1, -0.05) is 18.2 Å². The number of aromatic nitrogens is 1. The third kappa shape index (κ3) is 1.59. The van der Waals surface area contributed by atoms with E-state index in [2.05, 4.69) is 28.6 Å². The minimum atomic E-state index is 0.772. The van der Waals surface area contributed by atoms with Gasteiger partial charge in [-0.25, -0.2) is 0 Å². The van der Waals surface area contributed by atoms with E-state index in [1.54, 1.807) is 11.3 Å². The van der Waals surface area contributed by atoms with Crippen LogP contribution < -0.4 is 5.73 Å². The van der Waals surface area contributed by atoms with Crippen molar-refractivity contribution in [2.45, 2.75) is 6.92 Å². The molecule has 0 fully saturated rings. The molecule has 84 valence electrons. The van der Waals surface area contributed by atoms with Crippen molar-refractivity contribution < 1.29 is 0 Å². The number of aryl methyl sites for hydroxylation is 1. The highest BCUT2D eigenvalue weighted by Gasteiger charge is 2.10. The van der Waals surface area contributed by atoms with Crippen LogP contribution in [0.1, 0.15) is 5.56 Å². The van der Waals surface area contributed by atoms with Gasteiger partial charge in [-0.15, -0.1) is 11.3 Å². The van der Waals surface area contributed by atoms with E-state index >= 15 is 0 Å². The molecule has 1 aromatic carbocycles. The number of nitrogens with zero attached hydrogens (tertiary/aromatic N) is 1. The van der Waals surface area contributed by atoms with E-state index in [4.69, 9.17) is 5.73 Å². The molecule has 0 saturated carbocycles. The van der Waals surface area contributed by atoms with Crippen LogP contribution in [0.5, 0.6) is 0 Å². The lowest BCUT2D eigenvalue weighted by Gasteiger charge is -2.08. The summed E-state index contributed by atoms with van der Waals surface area (Å²) in [4.78, 5) is 4.42. The van der Waals surface area contributed by atoms with Gasteiger partial charge in [0.15, 0.2) is 0 Å². The molecule has 0 bridgehead atoms. The number of benzene rings is 1. The molecule has 0 saturated heterocycles. The first kappa shape index (κ1) is 10.3. The SMILES string of the molecule is Cc1ccnc(-c2cccc3ccsc23)c1N. The summed E-state index contributed by atoms with van der Waals surface area (Å²) in [5.74, 6) is 0. The summed E-state index contributed by atoms with van der Waals surface area (Å²) in [6.07, 6.45) is 1.81. The molecule has 2 heterocycles. The van der Waals surface area contributed by atoms with Crippen LogP contribution in [0, 0.1) is 6.92 Å². The zero-order chi connectivity index (χ0) is 11.8. The molecule has 2 aromatic heterocycles. The van der Waals surface area contributed by atoms with Crippen LogP contribution in [-0.2, 0) is 0 Å². The molecule has 2 nitrogen and oxygen atoms in total. The van der Waals surface area contributed by atoms with Gasteiger partial charge < -0.3 is 5.73 Å². The van der Waals surface area contributed by atoms with E-state index in [9.17, 15) is 0 Å². The number of hydrogen-bond acceptors (Lipinski definition) is 3. The van der Waals surface area contributed by atoms with Crippen molar-refractivity contribution >= 4 is 27.1 Å². The Morgan fingerprint density at radius 2 is 2.06 bits per heavy atom. The summed E-state index contributed by atoms with van der Waals surface area (Å²) in [6, 6.07) is 10.3. The van der Waals surface area contributed by atoms with Crippen molar-refractivity contribution in [1.29, 1.82) is 0 Å². The van der Waals surface area contributed by atoms with Crippen LogP contribution in [0.4, 0.5) is 5.69 Å². The number of thiophene rings is 1. The maximum Gasteiger partial charge on any atom is 0.0948 e. The molecule has 0 aliphatic carbocycles. The smallest absolute Gasteiger partial charge is 0.0948 e. The Hall–Kier alpha value is -1.87. The summed E-state index contributed by atoms with van der Waals surface area (Å²) in [6.45, 7) is 2.01. The number of fused-ring (bicyclic) bond motifs is 1. The molecule has 0 aliphatic heterocycles. The largest absolute Gasteiger partial charge is 0.397 e. The Morgan fingerprint density at radius 1 is 1.18 bits per heavy atom. The van der Waals surface area contributed by atoms with E-state index in [0.29, 0.717) is 0 Å². The number of hydrogen-bond donors (Lipinski definition) is 1. The van der Waals surface area contributed by atoms with Gasteiger partial charge in [0.05, 0.1) is 11.4 Å². The van der Waals surface area contributed by atoms with Crippen molar-refractivity contribution in [2.24, 2.45) is 0 Å². The summed E-state index contributed by atoms with van der Waals surface area (Å²) < 4.78 is 1.25. The monoisotopic (exact) mass is 240 g/mol. The van der Waals surface area contributed by atoms with Crippen molar-refractivity contribution in [3.8, 4) is 11.3 Å². The zero-order valence-corrected chi connectivity index (χ0v) is 10.3. The first-order valence-corrected chi connectivity index (χ1v) is 6.33. The summed E-state index contributed by atoms with van der Waals surface area (Å²) in [7, 11) is 0. The second-order valence-electron chi connectivity index (χ2n) is 4.03. The van der Waals surface area contributed by atoms with Gasteiger partial charge in [0.1, 0.15) is 0 Å². The third-order valence-corrected chi connectivity index (χ3v) is 3.91. The fourth-order valence-electron chi connectivity index (χ4n) is 1.96. The second-order valence-corrected chi connectivity index (χ2v) is 4.95. The van der Waals surface area contributed by atoms with Gasteiger partial charge in [0.2, 0.25) is 0 Å². The minimum Gasteiger partial charge on any atom is -0.397 e. The summed E-state index contributed by atoms with van der Waals surface area (Å²) in [5.41, 5.74) is 9.97. The number of nitrogen functional groups attached to an aromatic ring is 1. The maximum atomic E-state index is 6.12. The minimum absolute atomic E-state index is 0.772. The summed E-state index contributed by atoms with van der Waals surface area (Å²) >= 11 is 1.73. The van der Waals surface area contributed by atoms with E-state index in [-0.39, 0.29) is 0 Å².